The van der Waals surface area contributed by atoms with Crippen molar-refractivity contribution >= 4 is 0 Å². The molecule has 0 bridgehead atoms. The van der Waals surface area contributed by atoms with E-state index in [2.05, 4.69) is 9.94 Å². The molecule has 0 atom stereocenters. The standard InChI is InChI=1S/C6H8N2O3/c1-10-5-3-4-6(9)8(7-5)11-2/h3-4H,1-2H3. The predicted octanol–water partition coefficient (Wildman–Crippen LogP) is -0.690. The van der Waals surface area contributed by atoms with Crippen LogP contribution in [0.1, 0.15) is 0 Å². The third-order valence-corrected chi connectivity index (χ3v) is 1.13. The Balaban J connectivity index is 3.13. The molecule has 0 aromatic carbocycles. The first-order valence-electron chi connectivity index (χ1n) is 2.97. The molecular weight excluding hydrogens is 148 g/mol. The molecule has 0 fully saturated rings. The van der Waals surface area contributed by atoms with Crippen molar-refractivity contribution < 1.29 is 9.57 Å². The summed E-state index contributed by atoms with van der Waals surface area (Å²) in [5.41, 5.74) is -0.326. The fourth-order valence-electron chi connectivity index (χ4n) is 0.618. The molecule has 0 aliphatic carbocycles. The maximum absolute atomic E-state index is 10.8. The lowest BCUT2D eigenvalue weighted by molar-refractivity contribution is 0.115. The van der Waals surface area contributed by atoms with Crippen LogP contribution in [0.3, 0.4) is 0 Å². The van der Waals surface area contributed by atoms with Crippen LogP contribution in [-0.4, -0.2) is 24.2 Å². The van der Waals surface area contributed by atoms with Crippen molar-refractivity contribution in [2.45, 2.75) is 0 Å². The number of methoxy groups -OCH3 is 1. The van der Waals surface area contributed by atoms with Crippen molar-refractivity contribution in [3.63, 3.8) is 0 Å². The molecule has 1 rings (SSSR count). The molecule has 0 amide bonds. The van der Waals surface area contributed by atoms with E-state index in [9.17, 15) is 4.79 Å². The lowest BCUT2D eigenvalue weighted by Gasteiger charge is -2.01. The van der Waals surface area contributed by atoms with Gasteiger partial charge < -0.3 is 9.57 Å². The summed E-state index contributed by atoms with van der Waals surface area (Å²) in [6.45, 7) is 0. The van der Waals surface area contributed by atoms with E-state index in [1.165, 1.54) is 26.4 Å². The number of aromatic nitrogens is 2. The molecule has 0 N–H and O–H groups in total. The first-order chi connectivity index (χ1) is 5.27. The summed E-state index contributed by atoms with van der Waals surface area (Å²) >= 11 is 0. The lowest BCUT2D eigenvalue weighted by Crippen LogP contribution is -2.26. The van der Waals surface area contributed by atoms with Gasteiger partial charge in [-0.2, -0.15) is 0 Å². The zero-order valence-corrected chi connectivity index (χ0v) is 6.27. The molecule has 0 saturated carbocycles. The van der Waals surface area contributed by atoms with Gasteiger partial charge in [-0.15, -0.1) is 0 Å². The fraction of sp³-hybridized carbons (Fsp3) is 0.333. The van der Waals surface area contributed by atoms with Gasteiger partial charge in [-0.25, -0.2) is 0 Å². The van der Waals surface area contributed by atoms with E-state index in [0.717, 1.165) is 4.85 Å². The number of nitrogens with zero attached hydrogens (tertiary/aromatic N) is 2. The average Bonchev–Trinajstić information content (AvgIpc) is 2.05. The first kappa shape index (κ1) is 7.59. The van der Waals surface area contributed by atoms with Crippen molar-refractivity contribution in [1.82, 2.24) is 9.94 Å². The van der Waals surface area contributed by atoms with E-state index in [4.69, 9.17) is 4.74 Å². The van der Waals surface area contributed by atoms with E-state index < -0.39 is 0 Å². The molecule has 1 aromatic rings. The summed E-state index contributed by atoms with van der Waals surface area (Å²) in [7, 11) is 2.82. The van der Waals surface area contributed by atoms with E-state index >= 15 is 0 Å². The Morgan fingerprint density at radius 1 is 1.45 bits per heavy atom. The van der Waals surface area contributed by atoms with Crippen molar-refractivity contribution in [2.24, 2.45) is 0 Å². The molecule has 0 aliphatic rings. The summed E-state index contributed by atoms with van der Waals surface area (Å²) in [4.78, 5) is 16.3. The monoisotopic (exact) mass is 156 g/mol. The molecule has 1 aromatic heterocycles. The number of rotatable bonds is 2. The minimum atomic E-state index is -0.326. The number of hydrogen-bond donors (Lipinski definition) is 0. The quantitative estimate of drug-likeness (QED) is 0.568. The maximum Gasteiger partial charge on any atom is 0.303 e. The Hall–Kier alpha value is -1.52. The highest BCUT2D eigenvalue weighted by Crippen LogP contribution is 1.97. The molecule has 11 heavy (non-hydrogen) atoms. The Morgan fingerprint density at radius 3 is 2.73 bits per heavy atom. The highest BCUT2D eigenvalue weighted by molar-refractivity contribution is 5.05. The van der Waals surface area contributed by atoms with Crippen molar-refractivity contribution in [3.8, 4) is 5.88 Å². The number of hydrogen-bond acceptors (Lipinski definition) is 4. The van der Waals surface area contributed by atoms with Crippen LogP contribution in [0.2, 0.25) is 0 Å². The molecule has 0 spiro atoms. The van der Waals surface area contributed by atoms with E-state index in [1.54, 1.807) is 0 Å². The highest BCUT2D eigenvalue weighted by atomic mass is 16.7. The van der Waals surface area contributed by atoms with Crippen LogP contribution in [0.15, 0.2) is 16.9 Å². The van der Waals surface area contributed by atoms with Crippen LogP contribution in [0.5, 0.6) is 5.88 Å². The van der Waals surface area contributed by atoms with Crippen LogP contribution < -0.4 is 15.1 Å². The molecule has 0 saturated heterocycles. The van der Waals surface area contributed by atoms with Crippen LogP contribution in [0.25, 0.3) is 0 Å². The highest BCUT2D eigenvalue weighted by Gasteiger charge is 1.97. The summed E-state index contributed by atoms with van der Waals surface area (Å²) < 4.78 is 4.76. The SMILES string of the molecule is COc1ccc(=O)n(OC)n1. The van der Waals surface area contributed by atoms with Crippen LogP contribution >= 0.6 is 0 Å². The molecule has 0 unspecified atom stereocenters. The third-order valence-electron chi connectivity index (χ3n) is 1.13. The summed E-state index contributed by atoms with van der Waals surface area (Å²) in [5, 5.41) is 3.67. The van der Waals surface area contributed by atoms with Gasteiger partial charge in [0.2, 0.25) is 5.88 Å². The second kappa shape index (κ2) is 3.05. The van der Waals surface area contributed by atoms with Crippen molar-refractivity contribution in [3.05, 3.63) is 22.5 Å². The minimum absolute atomic E-state index is 0.326. The number of ether oxygens (including phenoxy) is 1. The van der Waals surface area contributed by atoms with Gasteiger partial charge in [-0.05, 0) is 0 Å². The van der Waals surface area contributed by atoms with Gasteiger partial charge in [-0.1, -0.05) is 9.94 Å². The molecule has 60 valence electrons. The zero-order valence-electron chi connectivity index (χ0n) is 6.27. The largest absolute Gasteiger partial charge is 0.480 e. The molecule has 0 aliphatic heterocycles. The normalized spacial score (nSPS) is 9.27. The topological polar surface area (TPSA) is 53.4 Å². The summed E-state index contributed by atoms with van der Waals surface area (Å²) in [5.74, 6) is 0.339. The van der Waals surface area contributed by atoms with E-state index in [1.807, 2.05) is 0 Å². The zero-order chi connectivity index (χ0) is 8.27. The second-order valence-corrected chi connectivity index (χ2v) is 1.77. The van der Waals surface area contributed by atoms with Crippen LogP contribution in [0, 0.1) is 0 Å². The Morgan fingerprint density at radius 2 is 2.18 bits per heavy atom. The van der Waals surface area contributed by atoms with E-state index in [-0.39, 0.29) is 5.56 Å². The second-order valence-electron chi connectivity index (χ2n) is 1.77. The Kier molecular flexibility index (Phi) is 2.10. The molecule has 5 heteroatoms. The maximum atomic E-state index is 10.8. The Bertz CT molecular complexity index is 294. The van der Waals surface area contributed by atoms with Crippen LogP contribution in [-0.2, 0) is 0 Å². The predicted molar refractivity (Wildman–Crippen MR) is 37.6 cm³/mol. The molecular formula is C6H8N2O3. The van der Waals surface area contributed by atoms with Gasteiger partial charge in [0.05, 0.1) is 7.11 Å². The third kappa shape index (κ3) is 1.49. The molecule has 5 nitrogen and oxygen atoms in total. The smallest absolute Gasteiger partial charge is 0.303 e. The lowest BCUT2D eigenvalue weighted by atomic mass is 10.6. The summed E-state index contributed by atoms with van der Waals surface area (Å²) in [6.07, 6.45) is 0. The molecule has 0 radical (unpaired) electrons. The minimum Gasteiger partial charge on any atom is -0.480 e. The molecule has 1 heterocycles. The summed E-state index contributed by atoms with van der Waals surface area (Å²) in [6, 6.07) is 2.78. The van der Waals surface area contributed by atoms with Gasteiger partial charge in [0, 0.05) is 12.1 Å². The van der Waals surface area contributed by atoms with Crippen LogP contribution in [0.4, 0.5) is 0 Å². The van der Waals surface area contributed by atoms with Gasteiger partial charge >= 0.3 is 5.56 Å². The van der Waals surface area contributed by atoms with Gasteiger partial charge in [0.25, 0.3) is 0 Å². The average molecular weight is 156 g/mol. The first-order valence-corrected chi connectivity index (χ1v) is 2.97. The van der Waals surface area contributed by atoms with Crippen molar-refractivity contribution in [2.75, 3.05) is 14.2 Å². The Labute approximate surface area is 63.1 Å². The fourth-order valence-corrected chi connectivity index (χ4v) is 0.618. The van der Waals surface area contributed by atoms with Crippen molar-refractivity contribution in [1.29, 1.82) is 0 Å². The van der Waals surface area contributed by atoms with Gasteiger partial charge in [0.15, 0.2) is 0 Å². The van der Waals surface area contributed by atoms with Gasteiger partial charge in [-0.3, -0.25) is 4.79 Å². The van der Waals surface area contributed by atoms with Gasteiger partial charge in [0.1, 0.15) is 7.11 Å². The van der Waals surface area contributed by atoms with E-state index in [0.29, 0.717) is 5.88 Å².